The monoisotopic (exact) mass is 339 g/mol. The number of amides is 1. The van der Waals surface area contributed by atoms with Crippen molar-refractivity contribution in [3.63, 3.8) is 0 Å². The van der Waals surface area contributed by atoms with Crippen LogP contribution in [0.5, 0.6) is 0 Å². The number of piperazine rings is 1. The second-order valence-electron chi connectivity index (χ2n) is 6.48. The first-order valence-corrected chi connectivity index (χ1v) is 8.37. The molecule has 0 atom stereocenters. The van der Waals surface area contributed by atoms with Crippen LogP contribution in [-0.4, -0.2) is 61.1 Å². The lowest BCUT2D eigenvalue weighted by molar-refractivity contribution is 0.0736. The molecule has 1 saturated heterocycles. The summed E-state index contributed by atoms with van der Waals surface area (Å²) in [6, 6.07) is 4.04. The number of aryl methyl sites for hydroxylation is 3. The molecule has 1 aliphatic heterocycles. The molecule has 8 heteroatoms. The van der Waals surface area contributed by atoms with Crippen LogP contribution in [0.15, 0.2) is 24.7 Å². The van der Waals surface area contributed by atoms with E-state index in [1.54, 1.807) is 17.1 Å². The van der Waals surface area contributed by atoms with Gasteiger partial charge in [0.05, 0.1) is 18.2 Å². The van der Waals surface area contributed by atoms with Crippen LogP contribution in [0, 0.1) is 13.8 Å². The Bertz CT molecular complexity index is 934. The van der Waals surface area contributed by atoms with Gasteiger partial charge in [0.15, 0.2) is 5.65 Å². The normalized spacial score (nSPS) is 15.2. The SMILES string of the molecule is Cc1cc(N2CCN(C(=O)c3cncn3C)CC2)n2nc(C)cc2n1. The number of rotatable bonds is 2. The van der Waals surface area contributed by atoms with Crippen molar-refractivity contribution in [2.24, 2.45) is 7.05 Å². The smallest absolute Gasteiger partial charge is 0.272 e. The van der Waals surface area contributed by atoms with Crippen LogP contribution in [0.25, 0.3) is 5.65 Å². The summed E-state index contributed by atoms with van der Waals surface area (Å²) in [6.07, 6.45) is 3.27. The van der Waals surface area contributed by atoms with Gasteiger partial charge in [-0.3, -0.25) is 4.79 Å². The standard InChI is InChI=1S/C17H21N7O/c1-12-9-16(24-15(19-12)8-13(2)20-24)22-4-6-23(7-5-22)17(25)14-10-18-11-21(14)3/h8-11H,4-7H2,1-3H3. The number of aromatic nitrogens is 5. The topological polar surface area (TPSA) is 71.6 Å². The molecular weight excluding hydrogens is 318 g/mol. The number of hydrogen-bond donors (Lipinski definition) is 0. The Morgan fingerprint density at radius 1 is 1.08 bits per heavy atom. The highest BCUT2D eigenvalue weighted by atomic mass is 16.2. The van der Waals surface area contributed by atoms with Crippen LogP contribution in [0.2, 0.25) is 0 Å². The molecule has 0 unspecified atom stereocenters. The first kappa shape index (κ1) is 15.6. The van der Waals surface area contributed by atoms with Gasteiger partial charge in [0.25, 0.3) is 5.91 Å². The molecule has 0 spiro atoms. The molecule has 25 heavy (non-hydrogen) atoms. The molecule has 0 radical (unpaired) electrons. The summed E-state index contributed by atoms with van der Waals surface area (Å²) in [5.74, 6) is 1.06. The Labute approximate surface area is 145 Å². The molecular formula is C17H21N7O. The average Bonchev–Trinajstić information content (AvgIpc) is 3.18. The van der Waals surface area contributed by atoms with E-state index < -0.39 is 0 Å². The van der Waals surface area contributed by atoms with Gasteiger partial charge in [-0.1, -0.05) is 0 Å². The number of imidazole rings is 1. The van der Waals surface area contributed by atoms with E-state index in [0.717, 1.165) is 35.9 Å². The van der Waals surface area contributed by atoms with Gasteiger partial charge in [-0.25, -0.2) is 9.97 Å². The first-order chi connectivity index (χ1) is 12.0. The Hall–Kier alpha value is -2.90. The first-order valence-electron chi connectivity index (χ1n) is 8.37. The maximum Gasteiger partial charge on any atom is 0.272 e. The summed E-state index contributed by atoms with van der Waals surface area (Å²) in [5, 5.41) is 4.56. The minimum absolute atomic E-state index is 0.0330. The summed E-state index contributed by atoms with van der Waals surface area (Å²) in [4.78, 5) is 25.3. The molecule has 0 aliphatic carbocycles. The fourth-order valence-corrected chi connectivity index (χ4v) is 3.28. The molecule has 8 nitrogen and oxygen atoms in total. The summed E-state index contributed by atoms with van der Waals surface area (Å²) < 4.78 is 3.65. The molecule has 0 N–H and O–H groups in total. The zero-order chi connectivity index (χ0) is 17.6. The van der Waals surface area contributed by atoms with E-state index in [1.165, 1.54) is 0 Å². The van der Waals surface area contributed by atoms with Gasteiger partial charge in [-0.15, -0.1) is 0 Å². The van der Waals surface area contributed by atoms with Crippen molar-refractivity contribution in [1.82, 2.24) is 29.0 Å². The van der Waals surface area contributed by atoms with E-state index in [0.29, 0.717) is 18.8 Å². The van der Waals surface area contributed by atoms with E-state index >= 15 is 0 Å². The zero-order valence-electron chi connectivity index (χ0n) is 14.7. The van der Waals surface area contributed by atoms with Gasteiger partial charge in [-0.2, -0.15) is 9.61 Å². The fraction of sp³-hybridized carbons (Fsp3) is 0.412. The molecule has 4 heterocycles. The van der Waals surface area contributed by atoms with Gasteiger partial charge in [0, 0.05) is 51.1 Å². The summed E-state index contributed by atoms with van der Waals surface area (Å²) in [7, 11) is 1.84. The van der Waals surface area contributed by atoms with Gasteiger partial charge >= 0.3 is 0 Å². The number of hydrogen-bond acceptors (Lipinski definition) is 5. The third-order valence-corrected chi connectivity index (χ3v) is 4.59. The molecule has 1 fully saturated rings. The van der Waals surface area contributed by atoms with Crippen LogP contribution in [0.3, 0.4) is 0 Å². The molecule has 0 aromatic carbocycles. The predicted octanol–water partition coefficient (Wildman–Crippen LogP) is 1.04. The van der Waals surface area contributed by atoms with Crippen molar-refractivity contribution in [2.75, 3.05) is 31.1 Å². The van der Waals surface area contributed by atoms with E-state index in [9.17, 15) is 4.79 Å². The van der Waals surface area contributed by atoms with Gasteiger partial charge in [0.2, 0.25) is 0 Å². The zero-order valence-corrected chi connectivity index (χ0v) is 14.7. The van der Waals surface area contributed by atoms with E-state index in [1.807, 2.05) is 36.4 Å². The van der Waals surface area contributed by atoms with Gasteiger partial charge in [0.1, 0.15) is 11.5 Å². The van der Waals surface area contributed by atoms with Crippen molar-refractivity contribution in [3.8, 4) is 0 Å². The minimum atomic E-state index is 0.0330. The number of carbonyl (C=O) groups excluding carboxylic acids is 1. The van der Waals surface area contributed by atoms with E-state index in [-0.39, 0.29) is 5.91 Å². The van der Waals surface area contributed by atoms with Crippen molar-refractivity contribution >= 4 is 17.4 Å². The highest BCUT2D eigenvalue weighted by Gasteiger charge is 2.25. The lowest BCUT2D eigenvalue weighted by Crippen LogP contribution is -2.49. The second kappa shape index (κ2) is 5.87. The largest absolute Gasteiger partial charge is 0.353 e. The van der Waals surface area contributed by atoms with Crippen LogP contribution in [0.4, 0.5) is 5.82 Å². The Balaban J connectivity index is 1.54. The number of carbonyl (C=O) groups is 1. The summed E-state index contributed by atoms with van der Waals surface area (Å²) in [6.45, 7) is 6.84. The van der Waals surface area contributed by atoms with Crippen molar-refractivity contribution in [1.29, 1.82) is 0 Å². The van der Waals surface area contributed by atoms with E-state index in [4.69, 9.17) is 0 Å². The van der Waals surface area contributed by atoms with Gasteiger partial charge in [-0.05, 0) is 13.8 Å². The molecule has 3 aromatic rings. The number of fused-ring (bicyclic) bond motifs is 1. The second-order valence-corrected chi connectivity index (χ2v) is 6.48. The molecule has 1 aliphatic rings. The van der Waals surface area contributed by atoms with E-state index in [2.05, 4.69) is 26.0 Å². The predicted molar refractivity (Wildman–Crippen MR) is 93.8 cm³/mol. The Morgan fingerprint density at radius 3 is 2.52 bits per heavy atom. The quantitative estimate of drug-likeness (QED) is 0.698. The lowest BCUT2D eigenvalue weighted by atomic mass is 10.2. The highest BCUT2D eigenvalue weighted by molar-refractivity contribution is 5.92. The summed E-state index contributed by atoms with van der Waals surface area (Å²) in [5.41, 5.74) is 3.40. The number of anilines is 1. The van der Waals surface area contributed by atoms with Crippen LogP contribution in [-0.2, 0) is 7.05 Å². The molecule has 0 saturated carbocycles. The van der Waals surface area contributed by atoms with Crippen LogP contribution in [0.1, 0.15) is 21.9 Å². The molecule has 4 rings (SSSR count). The fourth-order valence-electron chi connectivity index (χ4n) is 3.28. The average molecular weight is 339 g/mol. The Kier molecular flexibility index (Phi) is 3.67. The number of nitrogens with zero attached hydrogens (tertiary/aromatic N) is 7. The Morgan fingerprint density at radius 2 is 1.84 bits per heavy atom. The highest BCUT2D eigenvalue weighted by Crippen LogP contribution is 2.20. The van der Waals surface area contributed by atoms with Crippen molar-refractivity contribution < 1.29 is 4.79 Å². The maximum absolute atomic E-state index is 12.6. The van der Waals surface area contributed by atoms with Crippen molar-refractivity contribution in [2.45, 2.75) is 13.8 Å². The molecule has 1 amide bonds. The van der Waals surface area contributed by atoms with Crippen LogP contribution >= 0.6 is 0 Å². The molecule has 130 valence electrons. The minimum Gasteiger partial charge on any atom is -0.353 e. The maximum atomic E-state index is 12.6. The lowest BCUT2D eigenvalue weighted by Gasteiger charge is -2.36. The third-order valence-electron chi connectivity index (χ3n) is 4.59. The summed E-state index contributed by atoms with van der Waals surface area (Å²) >= 11 is 0. The third kappa shape index (κ3) is 2.73. The van der Waals surface area contributed by atoms with Gasteiger partial charge < -0.3 is 14.4 Å². The van der Waals surface area contributed by atoms with Crippen LogP contribution < -0.4 is 4.90 Å². The van der Waals surface area contributed by atoms with Crippen molar-refractivity contribution in [3.05, 3.63) is 41.7 Å². The molecule has 0 bridgehead atoms. The molecule has 3 aromatic heterocycles.